The first kappa shape index (κ1) is 14.8. The molecular weight excluding hydrogens is 263 g/mol. The van der Waals surface area contributed by atoms with E-state index < -0.39 is 25.0 Å². The van der Waals surface area contributed by atoms with Crippen LogP contribution in [0.3, 0.4) is 0 Å². The Labute approximate surface area is 109 Å². The molecule has 1 aromatic carbocycles. The topological polar surface area (TPSA) is 92.8 Å². The highest BCUT2D eigenvalue weighted by Gasteiger charge is 2.29. The predicted octanol–water partition coefficient (Wildman–Crippen LogP) is 0.461. The molecule has 0 aromatic heterocycles. The van der Waals surface area contributed by atoms with Gasteiger partial charge < -0.3 is 20.5 Å². The largest absolute Gasteiger partial charge is 0.537 e. The number of carboxylic acid groups (broad SMARTS) is 1. The fourth-order valence-corrected chi connectivity index (χ4v) is 1.58. The Balaban J connectivity index is 3.05. The minimum Gasteiger partial charge on any atom is -0.537 e. The quantitative estimate of drug-likeness (QED) is 0.679. The van der Waals surface area contributed by atoms with Crippen LogP contribution in [0.4, 0.5) is 4.39 Å². The van der Waals surface area contributed by atoms with Gasteiger partial charge in [0.1, 0.15) is 11.3 Å². The van der Waals surface area contributed by atoms with Crippen molar-refractivity contribution in [1.29, 1.82) is 0 Å². The van der Waals surface area contributed by atoms with E-state index in [4.69, 9.17) is 27.5 Å². The van der Waals surface area contributed by atoms with E-state index in [1.165, 1.54) is 13.0 Å². The van der Waals surface area contributed by atoms with Gasteiger partial charge in [0.25, 0.3) is 0 Å². The van der Waals surface area contributed by atoms with E-state index in [2.05, 4.69) is 4.65 Å². The van der Waals surface area contributed by atoms with Crippen LogP contribution in [0.5, 0.6) is 5.75 Å². The normalized spacial score (nSPS) is 13.8. The molecule has 5 nitrogen and oxygen atoms in total. The number of aliphatic carboxylic acids is 1. The van der Waals surface area contributed by atoms with Crippen LogP contribution >= 0.6 is 11.6 Å². The lowest BCUT2D eigenvalue weighted by Crippen LogP contribution is -2.46. The molecule has 0 heterocycles. The van der Waals surface area contributed by atoms with Gasteiger partial charge in [-0.15, -0.1) is 0 Å². The summed E-state index contributed by atoms with van der Waals surface area (Å²) >= 11 is 5.87. The molecule has 4 N–H and O–H groups in total. The minimum atomic E-state index is -1.55. The summed E-state index contributed by atoms with van der Waals surface area (Å²) in [6.45, 7) is 1.31. The lowest BCUT2D eigenvalue weighted by atomic mass is 9.94. The predicted molar refractivity (Wildman–Crippen MR) is 65.3 cm³/mol. The van der Waals surface area contributed by atoms with Gasteiger partial charge in [0.2, 0.25) is 0 Å². The smallest absolute Gasteiger partial charge is 0.504 e. The summed E-state index contributed by atoms with van der Waals surface area (Å²) in [7, 11) is -0.684. The molecule has 0 unspecified atom stereocenters. The zero-order valence-corrected chi connectivity index (χ0v) is 10.4. The Hall–Kier alpha value is -1.31. The fraction of sp³-hybridized carbons (Fsp3) is 0.300. The highest BCUT2D eigenvalue weighted by molar-refractivity contribution is 6.31. The van der Waals surface area contributed by atoms with E-state index >= 15 is 0 Å². The summed E-state index contributed by atoms with van der Waals surface area (Å²) in [5.41, 5.74) is 4.27. The van der Waals surface area contributed by atoms with Crippen molar-refractivity contribution < 1.29 is 24.0 Å². The summed E-state index contributed by atoms with van der Waals surface area (Å²) in [6, 6.07) is 2.21. The molecule has 1 rings (SSSR count). The lowest BCUT2D eigenvalue weighted by molar-refractivity contribution is -0.142. The molecule has 0 amide bonds. The van der Waals surface area contributed by atoms with Crippen LogP contribution in [-0.2, 0) is 11.2 Å². The number of rotatable bonds is 5. The van der Waals surface area contributed by atoms with Crippen molar-refractivity contribution in [2.24, 2.45) is 5.73 Å². The Morgan fingerprint density at radius 3 is 2.78 bits per heavy atom. The van der Waals surface area contributed by atoms with Crippen molar-refractivity contribution in [2.45, 2.75) is 18.9 Å². The Bertz CT molecular complexity index is 469. The van der Waals surface area contributed by atoms with Crippen molar-refractivity contribution in [3.63, 3.8) is 0 Å². The average molecular weight is 275 g/mol. The summed E-state index contributed by atoms with van der Waals surface area (Å²) in [6.07, 6.45) is -0.127. The van der Waals surface area contributed by atoms with Gasteiger partial charge in [0, 0.05) is 17.5 Å². The first-order chi connectivity index (χ1) is 8.27. The Kier molecular flexibility index (Phi) is 4.56. The SMILES string of the molecule is C[C@@](N)(Cc1cc(F)c(OBO)cc1Cl)C(=O)O. The van der Waals surface area contributed by atoms with E-state index in [9.17, 15) is 9.18 Å². The van der Waals surface area contributed by atoms with Crippen molar-refractivity contribution in [2.75, 3.05) is 0 Å². The zero-order chi connectivity index (χ0) is 13.9. The summed E-state index contributed by atoms with van der Waals surface area (Å²) in [5, 5.41) is 17.5. The molecule has 0 aliphatic heterocycles. The van der Waals surface area contributed by atoms with Crippen LogP contribution in [-0.4, -0.2) is 29.3 Å². The van der Waals surface area contributed by atoms with E-state index in [-0.39, 0.29) is 22.8 Å². The van der Waals surface area contributed by atoms with E-state index in [1.807, 2.05) is 0 Å². The van der Waals surface area contributed by atoms with Crippen LogP contribution in [0.15, 0.2) is 12.1 Å². The van der Waals surface area contributed by atoms with Crippen LogP contribution in [0.1, 0.15) is 12.5 Å². The zero-order valence-electron chi connectivity index (χ0n) is 9.61. The molecule has 0 saturated carbocycles. The van der Waals surface area contributed by atoms with Crippen LogP contribution < -0.4 is 10.4 Å². The van der Waals surface area contributed by atoms with Crippen molar-refractivity contribution in [1.82, 2.24) is 0 Å². The van der Waals surface area contributed by atoms with Crippen LogP contribution in [0.25, 0.3) is 0 Å². The fourth-order valence-electron chi connectivity index (χ4n) is 1.36. The number of nitrogens with two attached hydrogens (primary N) is 1. The van der Waals surface area contributed by atoms with Crippen molar-refractivity contribution >= 4 is 25.3 Å². The third-order valence-electron chi connectivity index (χ3n) is 2.37. The molecule has 0 bridgehead atoms. The number of benzene rings is 1. The third kappa shape index (κ3) is 3.35. The molecule has 1 aromatic rings. The van der Waals surface area contributed by atoms with Crippen LogP contribution in [0, 0.1) is 5.82 Å². The first-order valence-corrected chi connectivity index (χ1v) is 5.39. The van der Waals surface area contributed by atoms with Gasteiger partial charge in [-0.2, -0.15) is 0 Å². The number of carbonyl (C=O) groups is 1. The minimum absolute atomic E-state index is 0.123. The number of hydrogen-bond acceptors (Lipinski definition) is 4. The second-order valence-electron chi connectivity index (χ2n) is 4.05. The molecule has 18 heavy (non-hydrogen) atoms. The van der Waals surface area contributed by atoms with Crippen molar-refractivity contribution in [3.05, 3.63) is 28.5 Å². The van der Waals surface area contributed by atoms with Crippen molar-refractivity contribution in [3.8, 4) is 5.75 Å². The maximum absolute atomic E-state index is 13.5. The van der Waals surface area contributed by atoms with E-state index in [1.54, 1.807) is 0 Å². The second kappa shape index (κ2) is 5.56. The highest BCUT2D eigenvalue weighted by Crippen LogP contribution is 2.28. The molecule has 0 aliphatic carbocycles. The molecule has 0 radical (unpaired) electrons. The van der Waals surface area contributed by atoms with E-state index in [0.29, 0.717) is 0 Å². The number of halogens is 2. The summed E-state index contributed by atoms with van der Waals surface area (Å²) in [4.78, 5) is 10.9. The first-order valence-electron chi connectivity index (χ1n) is 5.02. The number of hydrogen-bond donors (Lipinski definition) is 3. The Morgan fingerprint density at radius 2 is 2.28 bits per heavy atom. The number of carboxylic acids is 1. The highest BCUT2D eigenvalue weighted by atomic mass is 35.5. The summed E-state index contributed by atoms with van der Waals surface area (Å²) < 4.78 is 18.1. The molecule has 98 valence electrons. The third-order valence-corrected chi connectivity index (χ3v) is 2.72. The van der Waals surface area contributed by atoms with Crippen LogP contribution in [0.2, 0.25) is 5.02 Å². The second-order valence-corrected chi connectivity index (χ2v) is 4.45. The molecular formula is C10H12BClFNO4. The molecule has 0 fully saturated rings. The van der Waals surface area contributed by atoms with E-state index in [0.717, 1.165) is 6.07 Å². The molecule has 0 saturated heterocycles. The monoisotopic (exact) mass is 275 g/mol. The van der Waals surface area contributed by atoms with Gasteiger partial charge in [-0.3, -0.25) is 4.79 Å². The standard InChI is InChI=1S/C10H12BClFNO4/c1-10(14,9(15)16)4-5-2-7(13)8(18-11-17)3-6(5)12/h2-3,11,17H,4,14H2,1H3,(H,15,16)/t10-/m1/s1. The Morgan fingerprint density at radius 1 is 1.67 bits per heavy atom. The maximum Gasteiger partial charge on any atom is 0.504 e. The van der Waals surface area contributed by atoms with Gasteiger partial charge in [0.15, 0.2) is 5.82 Å². The summed E-state index contributed by atoms with van der Waals surface area (Å²) in [5.74, 6) is -2.17. The molecule has 8 heteroatoms. The maximum atomic E-state index is 13.5. The van der Waals surface area contributed by atoms with Gasteiger partial charge in [-0.25, -0.2) is 4.39 Å². The lowest BCUT2D eigenvalue weighted by Gasteiger charge is -2.20. The van der Waals surface area contributed by atoms with Gasteiger partial charge in [-0.1, -0.05) is 11.6 Å². The van der Waals surface area contributed by atoms with Gasteiger partial charge in [0.05, 0.1) is 0 Å². The van der Waals surface area contributed by atoms with Gasteiger partial charge in [-0.05, 0) is 18.6 Å². The van der Waals surface area contributed by atoms with Gasteiger partial charge >= 0.3 is 13.7 Å². The molecule has 1 atom stereocenters. The average Bonchev–Trinajstić information content (AvgIpc) is 2.25. The molecule has 0 aliphatic rings. The molecule has 0 spiro atoms.